The average Bonchev–Trinajstić information content (AvgIpc) is 2.29. The summed E-state index contributed by atoms with van der Waals surface area (Å²) in [5.74, 6) is 0.643. The van der Waals surface area contributed by atoms with E-state index in [4.69, 9.17) is 5.73 Å². The molecule has 1 aromatic rings. The Hall–Kier alpha value is -0.450. The Balaban J connectivity index is 3.08. The highest BCUT2D eigenvalue weighted by Gasteiger charge is 2.18. The summed E-state index contributed by atoms with van der Waals surface area (Å²) < 4.78 is 1.20. The molecule has 0 amide bonds. The number of anilines is 2. The van der Waals surface area contributed by atoms with Crippen LogP contribution in [0.2, 0.25) is 0 Å². The van der Waals surface area contributed by atoms with E-state index in [0.717, 1.165) is 25.1 Å². The van der Waals surface area contributed by atoms with Gasteiger partial charge < -0.3 is 10.6 Å². The molecule has 102 valence electrons. The first kappa shape index (κ1) is 15.6. The summed E-state index contributed by atoms with van der Waals surface area (Å²) in [6.45, 7) is 10.1. The Labute approximate surface area is 125 Å². The Kier molecular flexibility index (Phi) is 6.26. The van der Waals surface area contributed by atoms with Gasteiger partial charge in [-0.2, -0.15) is 0 Å². The van der Waals surface area contributed by atoms with E-state index in [0.29, 0.717) is 12.0 Å². The normalized spacial score (nSPS) is 11.3. The molecule has 18 heavy (non-hydrogen) atoms. The SMILES string of the molecule is CCC(CC)N(CC(C)C)c1ccc(I)cc1N. The van der Waals surface area contributed by atoms with Crippen LogP contribution in [0.1, 0.15) is 40.5 Å². The first-order valence-corrected chi connectivity index (χ1v) is 7.89. The standard InChI is InChI=1S/C15H25IN2/c1-5-13(6-2)18(10-11(3)4)15-8-7-12(16)9-14(15)17/h7-9,11,13H,5-6,10,17H2,1-4H3. The third-order valence-corrected chi connectivity index (χ3v) is 3.92. The van der Waals surface area contributed by atoms with Gasteiger partial charge in [-0.3, -0.25) is 0 Å². The van der Waals surface area contributed by atoms with Crippen molar-refractivity contribution in [1.29, 1.82) is 0 Å². The Morgan fingerprint density at radius 3 is 2.28 bits per heavy atom. The number of nitrogens with two attached hydrogens (primary N) is 1. The Bertz CT molecular complexity index is 373. The molecule has 1 aromatic carbocycles. The predicted octanol–water partition coefficient (Wildman–Crippen LogP) is 4.52. The molecule has 0 heterocycles. The van der Waals surface area contributed by atoms with Crippen LogP contribution in [0.4, 0.5) is 11.4 Å². The molecular formula is C15H25IN2. The van der Waals surface area contributed by atoms with E-state index >= 15 is 0 Å². The van der Waals surface area contributed by atoms with Crippen LogP contribution in [-0.4, -0.2) is 12.6 Å². The van der Waals surface area contributed by atoms with Crippen molar-refractivity contribution < 1.29 is 0 Å². The van der Waals surface area contributed by atoms with Gasteiger partial charge in [0.15, 0.2) is 0 Å². The van der Waals surface area contributed by atoms with Gasteiger partial charge in [-0.15, -0.1) is 0 Å². The first-order chi connectivity index (χ1) is 8.49. The molecule has 0 saturated carbocycles. The number of nitrogen functional groups attached to an aromatic ring is 1. The van der Waals surface area contributed by atoms with E-state index in [-0.39, 0.29) is 0 Å². The molecule has 0 bridgehead atoms. The van der Waals surface area contributed by atoms with Crippen molar-refractivity contribution >= 4 is 34.0 Å². The van der Waals surface area contributed by atoms with Gasteiger partial charge in [0.2, 0.25) is 0 Å². The van der Waals surface area contributed by atoms with Crippen molar-refractivity contribution in [3.8, 4) is 0 Å². The fraction of sp³-hybridized carbons (Fsp3) is 0.600. The number of halogens is 1. The zero-order chi connectivity index (χ0) is 13.7. The molecular weight excluding hydrogens is 335 g/mol. The van der Waals surface area contributed by atoms with Gasteiger partial charge >= 0.3 is 0 Å². The maximum absolute atomic E-state index is 6.20. The molecule has 1 rings (SSSR count). The lowest BCUT2D eigenvalue weighted by atomic mass is 10.1. The fourth-order valence-electron chi connectivity index (χ4n) is 2.35. The second-order valence-electron chi connectivity index (χ2n) is 5.22. The van der Waals surface area contributed by atoms with Crippen molar-refractivity contribution in [2.45, 2.75) is 46.6 Å². The second-order valence-corrected chi connectivity index (χ2v) is 6.47. The molecule has 0 aromatic heterocycles. The van der Waals surface area contributed by atoms with Crippen LogP contribution in [0.25, 0.3) is 0 Å². The Morgan fingerprint density at radius 1 is 1.22 bits per heavy atom. The minimum atomic E-state index is 0.578. The smallest absolute Gasteiger partial charge is 0.0603 e. The molecule has 0 aliphatic heterocycles. The second kappa shape index (κ2) is 7.22. The number of hydrogen-bond donors (Lipinski definition) is 1. The largest absolute Gasteiger partial charge is 0.397 e. The maximum Gasteiger partial charge on any atom is 0.0603 e. The molecule has 0 unspecified atom stereocenters. The number of benzene rings is 1. The molecule has 0 fully saturated rings. The minimum Gasteiger partial charge on any atom is -0.397 e. The van der Waals surface area contributed by atoms with Gasteiger partial charge in [-0.1, -0.05) is 27.7 Å². The van der Waals surface area contributed by atoms with Crippen molar-refractivity contribution in [3.05, 3.63) is 21.8 Å². The third kappa shape index (κ3) is 4.04. The number of nitrogens with zero attached hydrogens (tertiary/aromatic N) is 1. The molecule has 3 heteroatoms. The zero-order valence-electron chi connectivity index (χ0n) is 11.9. The van der Waals surface area contributed by atoms with Gasteiger partial charge in [0.25, 0.3) is 0 Å². The molecule has 0 spiro atoms. The van der Waals surface area contributed by atoms with Gasteiger partial charge in [-0.25, -0.2) is 0 Å². The van der Waals surface area contributed by atoms with E-state index in [9.17, 15) is 0 Å². The van der Waals surface area contributed by atoms with E-state index in [1.54, 1.807) is 0 Å². The van der Waals surface area contributed by atoms with Crippen LogP contribution >= 0.6 is 22.6 Å². The van der Waals surface area contributed by atoms with Crippen molar-refractivity contribution in [3.63, 3.8) is 0 Å². The van der Waals surface area contributed by atoms with Crippen LogP contribution in [0.15, 0.2) is 18.2 Å². The molecule has 0 saturated heterocycles. The van der Waals surface area contributed by atoms with Crippen LogP contribution in [-0.2, 0) is 0 Å². The lowest BCUT2D eigenvalue weighted by Crippen LogP contribution is -2.37. The summed E-state index contributed by atoms with van der Waals surface area (Å²) >= 11 is 2.31. The summed E-state index contributed by atoms with van der Waals surface area (Å²) in [5, 5.41) is 0. The van der Waals surface area contributed by atoms with Crippen LogP contribution in [0.3, 0.4) is 0 Å². The minimum absolute atomic E-state index is 0.578. The van der Waals surface area contributed by atoms with Crippen LogP contribution < -0.4 is 10.6 Å². The topological polar surface area (TPSA) is 29.3 Å². The summed E-state index contributed by atoms with van der Waals surface area (Å²) in [4.78, 5) is 2.48. The van der Waals surface area contributed by atoms with Crippen LogP contribution in [0.5, 0.6) is 0 Å². The summed E-state index contributed by atoms with van der Waals surface area (Å²) in [7, 11) is 0. The molecule has 0 radical (unpaired) electrons. The third-order valence-electron chi connectivity index (χ3n) is 3.24. The molecule has 2 nitrogen and oxygen atoms in total. The van der Waals surface area contributed by atoms with E-state index in [2.05, 4.69) is 73.4 Å². The zero-order valence-corrected chi connectivity index (χ0v) is 14.1. The van der Waals surface area contributed by atoms with Crippen LogP contribution in [0, 0.1) is 9.49 Å². The summed E-state index contributed by atoms with van der Waals surface area (Å²) in [6, 6.07) is 6.94. The summed E-state index contributed by atoms with van der Waals surface area (Å²) in [5.41, 5.74) is 8.29. The number of rotatable bonds is 6. The van der Waals surface area contributed by atoms with E-state index < -0.39 is 0 Å². The molecule has 0 aliphatic rings. The Morgan fingerprint density at radius 2 is 1.83 bits per heavy atom. The maximum atomic E-state index is 6.20. The van der Waals surface area contributed by atoms with Gasteiger partial charge in [0.1, 0.15) is 0 Å². The molecule has 0 aliphatic carbocycles. The van der Waals surface area contributed by atoms with E-state index in [1.807, 2.05) is 0 Å². The summed E-state index contributed by atoms with van der Waals surface area (Å²) in [6.07, 6.45) is 2.32. The highest BCUT2D eigenvalue weighted by Crippen LogP contribution is 2.29. The average molecular weight is 360 g/mol. The molecule has 0 atom stereocenters. The highest BCUT2D eigenvalue weighted by molar-refractivity contribution is 14.1. The first-order valence-electron chi connectivity index (χ1n) is 6.81. The van der Waals surface area contributed by atoms with Gasteiger partial charge in [0, 0.05) is 16.2 Å². The quantitative estimate of drug-likeness (QED) is 0.597. The lowest BCUT2D eigenvalue weighted by molar-refractivity contribution is 0.508. The van der Waals surface area contributed by atoms with Crippen molar-refractivity contribution in [2.24, 2.45) is 5.92 Å². The lowest BCUT2D eigenvalue weighted by Gasteiger charge is -2.35. The predicted molar refractivity (Wildman–Crippen MR) is 90.1 cm³/mol. The van der Waals surface area contributed by atoms with Crippen molar-refractivity contribution in [1.82, 2.24) is 0 Å². The monoisotopic (exact) mass is 360 g/mol. The van der Waals surface area contributed by atoms with Gasteiger partial charge in [0.05, 0.1) is 11.4 Å². The van der Waals surface area contributed by atoms with Crippen molar-refractivity contribution in [2.75, 3.05) is 17.2 Å². The highest BCUT2D eigenvalue weighted by atomic mass is 127. The number of hydrogen-bond acceptors (Lipinski definition) is 2. The fourth-order valence-corrected chi connectivity index (χ4v) is 2.87. The van der Waals surface area contributed by atoms with Gasteiger partial charge in [-0.05, 0) is 59.5 Å². The van der Waals surface area contributed by atoms with E-state index in [1.165, 1.54) is 9.26 Å². The molecule has 2 N–H and O–H groups in total.